The molecule has 0 spiro atoms. The van der Waals surface area contributed by atoms with E-state index in [9.17, 15) is 18.0 Å². The highest BCUT2D eigenvalue weighted by molar-refractivity contribution is 5.87. The van der Waals surface area contributed by atoms with Gasteiger partial charge in [-0.3, -0.25) is 9.51 Å². The summed E-state index contributed by atoms with van der Waals surface area (Å²) in [4.78, 5) is 29.8. The summed E-state index contributed by atoms with van der Waals surface area (Å²) in [5.41, 5.74) is 0.897. The van der Waals surface area contributed by atoms with Crippen molar-refractivity contribution in [3.8, 4) is 11.6 Å². The predicted molar refractivity (Wildman–Crippen MR) is 142 cm³/mol. The van der Waals surface area contributed by atoms with E-state index in [2.05, 4.69) is 38.8 Å². The minimum Gasteiger partial charge on any atom is -0.365 e. The zero-order chi connectivity index (χ0) is 27.8. The number of nitrogens with zero attached hydrogens (tertiary/aromatic N) is 6. The van der Waals surface area contributed by atoms with Crippen molar-refractivity contribution in [2.45, 2.75) is 90.0 Å². The van der Waals surface area contributed by atoms with Gasteiger partial charge in [0.25, 0.3) is 0 Å². The van der Waals surface area contributed by atoms with Gasteiger partial charge in [-0.1, -0.05) is 31.3 Å². The number of H-pyrrole nitrogens is 1. The highest BCUT2D eigenvalue weighted by atomic mass is 19.4. The number of hydrogen-bond donors (Lipinski definition) is 2. The lowest BCUT2D eigenvalue weighted by atomic mass is 9.80. The van der Waals surface area contributed by atoms with Crippen molar-refractivity contribution in [3.05, 3.63) is 10.6 Å². The highest BCUT2D eigenvalue weighted by Crippen LogP contribution is 2.55. The Hall–Kier alpha value is -3.12. The fourth-order valence-corrected chi connectivity index (χ4v) is 7.08. The van der Waals surface area contributed by atoms with Gasteiger partial charge in [0.15, 0.2) is 11.5 Å². The minimum absolute atomic E-state index is 0.0357. The van der Waals surface area contributed by atoms with E-state index in [1.54, 1.807) is 0 Å². The van der Waals surface area contributed by atoms with Crippen LogP contribution in [0, 0.1) is 29.6 Å². The Labute approximate surface area is 229 Å². The second kappa shape index (κ2) is 9.47. The minimum atomic E-state index is -4.35. The largest absolute Gasteiger partial charge is 0.439 e. The first kappa shape index (κ1) is 25.8. The molecule has 0 aromatic carbocycles. The van der Waals surface area contributed by atoms with Crippen molar-refractivity contribution >= 4 is 22.9 Å². The van der Waals surface area contributed by atoms with E-state index in [1.807, 2.05) is 4.57 Å². The monoisotopic (exact) mass is 560 g/mol. The molecule has 4 heterocycles. The summed E-state index contributed by atoms with van der Waals surface area (Å²) >= 11 is 0. The highest BCUT2D eigenvalue weighted by Gasteiger charge is 2.63. The van der Waals surface area contributed by atoms with Crippen LogP contribution in [0.4, 0.5) is 24.9 Å². The molecule has 3 unspecified atom stereocenters. The summed E-state index contributed by atoms with van der Waals surface area (Å²) < 4.78 is 49.7. The summed E-state index contributed by atoms with van der Waals surface area (Å²) in [5.74, 6) is 1.36. The molecule has 0 amide bonds. The van der Waals surface area contributed by atoms with Crippen LogP contribution in [0.3, 0.4) is 0 Å². The zero-order valence-corrected chi connectivity index (χ0v) is 22.7. The molecule has 3 aromatic rings. The molecule has 4 fully saturated rings. The number of rotatable bonds is 7. The first-order valence-corrected chi connectivity index (χ1v) is 14.6. The van der Waals surface area contributed by atoms with Gasteiger partial charge in [-0.25, -0.2) is 14.8 Å². The molecule has 1 aliphatic heterocycles. The molecular weight excluding hydrogens is 525 g/mol. The number of fused-ring (bicyclic) bond motifs is 2. The molecule has 3 aromatic heterocycles. The summed E-state index contributed by atoms with van der Waals surface area (Å²) in [7, 11) is 0. The quantitative estimate of drug-likeness (QED) is 0.415. The standard InChI is InChI=1S/C27H35F3N8O2/c1-13-6-8-15(9-7-13)11-37-19-21(31-14(2)16-4-3-5-16)32-23(24-35-26(39)40-36-24)33-22(19)34-25(37)38-12-17-10-18(17)20(38)27(28,29)30/h13-18,20H,3-12H2,1-2H3,(H,31,32,33)(H,35,36,39)/t13?,14-,15?,17?,18?,20?/m1/s1. The van der Waals surface area contributed by atoms with Crippen molar-refractivity contribution < 1.29 is 17.7 Å². The number of nitrogens with one attached hydrogen (secondary N) is 2. The maximum Gasteiger partial charge on any atom is 0.439 e. The number of aromatic amines is 1. The van der Waals surface area contributed by atoms with Gasteiger partial charge in [0.05, 0.1) is 0 Å². The Kier molecular flexibility index (Phi) is 6.12. The lowest BCUT2D eigenvalue weighted by molar-refractivity contribution is -0.150. The number of piperidine rings is 1. The summed E-state index contributed by atoms with van der Waals surface area (Å²) in [6.07, 6.45) is 3.92. The Morgan fingerprint density at radius 2 is 1.90 bits per heavy atom. The molecule has 40 heavy (non-hydrogen) atoms. The van der Waals surface area contributed by atoms with Crippen LogP contribution in [0.15, 0.2) is 9.32 Å². The number of imidazole rings is 1. The first-order chi connectivity index (χ1) is 19.2. The van der Waals surface area contributed by atoms with E-state index >= 15 is 0 Å². The van der Waals surface area contributed by atoms with E-state index in [4.69, 9.17) is 9.97 Å². The predicted octanol–water partition coefficient (Wildman–Crippen LogP) is 4.98. The lowest BCUT2D eigenvalue weighted by Crippen LogP contribution is -2.45. The molecule has 1 saturated heterocycles. The molecule has 7 rings (SSSR count). The van der Waals surface area contributed by atoms with Crippen molar-refractivity contribution in [2.24, 2.45) is 29.6 Å². The van der Waals surface area contributed by atoms with Crippen molar-refractivity contribution in [1.82, 2.24) is 29.7 Å². The van der Waals surface area contributed by atoms with Crippen molar-refractivity contribution in [3.63, 3.8) is 0 Å². The molecule has 4 atom stereocenters. The molecule has 3 aliphatic carbocycles. The zero-order valence-electron chi connectivity index (χ0n) is 22.7. The molecule has 2 N–H and O–H groups in total. The summed E-state index contributed by atoms with van der Waals surface area (Å²) in [6.45, 7) is 5.25. The Balaban J connectivity index is 1.37. The maximum atomic E-state index is 14.4. The third-order valence-electron chi connectivity index (χ3n) is 9.77. The topological polar surface area (TPSA) is 118 Å². The fraction of sp³-hybridized carbons (Fsp3) is 0.741. The van der Waals surface area contributed by atoms with E-state index in [0.29, 0.717) is 54.5 Å². The smallest absolute Gasteiger partial charge is 0.365 e. The molecular formula is C27H35F3N8O2. The van der Waals surface area contributed by atoms with E-state index in [0.717, 1.165) is 38.5 Å². The summed E-state index contributed by atoms with van der Waals surface area (Å²) in [6, 6.07) is -1.45. The SMILES string of the molecule is CC1CCC(Cn2c(N3CC4CC4C3C(F)(F)F)nc3nc(-c4noc(=O)[nH]4)nc(N[C@H](C)C4CCC4)c32)CC1. The van der Waals surface area contributed by atoms with Crippen molar-refractivity contribution in [1.29, 1.82) is 0 Å². The van der Waals surface area contributed by atoms with Gasteiger partial charge in [0, 0.05) is 19.1 Å². The molecule has 13 heteroatoms. The average molecular weight is 561 g/mol. The van der Waals surface area contributed by atoms with Crippen LogP contribution < -0.4 is 16.0 Å². The van der Waals surface area contributed by atoms with Crippen LogP contribution in [0.25, 0.3) is 22.8 Å². The van der Waals surface area contributed by atoms with Gasteiger partial charge in [-0.15, -0.1) is 0 Å². The van der Waals surface area contributed by atoms with Gasteiger partial charge in [0.1, 0.15) is 11.6 Å². The molecule has 0 bridgehead atoms. The second-order valence-corrected chi connectivity index (χ2v) is 12.6. The summed E-state index contributed by atoms with van der Waals surface area (Å²) in [5, 5.41) is 7.30. The van der Waals surface area contributed by atoms with E-state index in [1.165, 1.54) is 11.3 Å². The molecule has 216 valence electrons. The van der Waals surface area contributed by atoms with Gasteiger partial charge in [0.2, 0.25) is 17.6 Å². The van der Waals surface area contributed by atoms with Crippen molar-refractivity contribution in [2.75, 3.05) is 16.8 Å². The number of alkyl halides is 3. The van der Waals surface area contributed by atoms with Crippen LogP contribution >= 0.6 is 0 Å². The van der Waals surface area contributed by atoms with Gasteiger partial charge in [-0.05, 0) is 68.6 Å². The lowest BCUT2D eigenvalue weighted by Gasteiger charge is -2.33. The molecule has 10 nitrogen and oxygen atoms in total. The van der Waals surface area contributed by atoms with E-state index < -0.39 is 18.0 Å². The maximum absolute atomic E-state index is 14.4. The van der Waals surface area contributed by atoms with Gasteiger partial charge >= 0.3 is 11.9 Å². The van der Waals surface area contributed by atoms with Crippen LogP contribution in [-0.2, 0) is 6.54 Å². The second-order valence-electron chi connectivity index (χ2n) is 12.6. The number of aromatic nitrogens is 6. The van der Waals surface area contributed by atoms with Crippen LogP contribution in [0.5, 0.6) is 0 Å². The van der Waals surface area contributed by atoms with Gasteiger partial charge < -0.3 is 14.8 Å². The van der Waals surface area contributed by atoms with E-state index in [-0.39, 0.29) is 35.2 Å². The Morgan fingerprint density at radius 3 is 2.55 bits per heavy atom. The molecule has 4 aliphatic rings. The van der Waals surface area contributed by atoms with Crippen LogP contribution in [0.2, 0.25) is 0 Å². The number of hydrogen-bond acceptors (Lipinski definition) is 8. The van der Waals surface area contributed by atoms with Crippen LogP contribution in [-0.4, -0.2) is 54.5 Å². The number of anilines is 2. The third-order valence-corrected chi connectivity index (χ3v) is 9.77. The Bertz CT molecular complexity index is 1450. The average Bonchev–Trinajstić information content (AvgIpc) is 3.17. The Morgan fingerprint density at radius 1 is 1.12 bits per heavy atom. The normalized spacial score (nSPS) is 29.4. The molecule has 0 radical (unpaired) electrons. The van der Waals surface area contributed by atoms with Crippen LogP contribution in [0.1, 0.15) is 65.2 Å². The first-order valence-electron chi connectivity index (χ1n) is 14.6. The third kappa shape index (κ3) is 4.54. The molecule has 3 saturated carbocycles. The number of halogens is 3. The van der Waals surface area contributed by atoms with Gasteiger partial charge in [-0.2, -0.15) is 18.2 Å². The fourth-order valence-electron chi connectivity index (χ4n) is 7.08.